The molecule has 5 heterocycles. The van der Waals surface area contributed by atoms with Crippen LogP contribution < -0.4 is 16.1 Å². The number of nitrogens with zero attached hydrogens (tertiary/aromatic N) is 5. The highest BCUT2D eigenvalue weighted by molar-refractivity contribution is 5.96. The number of phenols is 1. The third kappa shape index (κ3) is 10.7. The van der Waals surface area contributed by atoms with Gasteiger partial charge in [0.25, 0.3) is 5.91 Å². The third-order valence-corrected chi connectivity index (χ3v) is 14.1. The molecule has 2 fully saturated rings. The molecular weight excluding hydrogens is 889 g/mol. The summed E-state index contributed by atoms with van der Waals surface area (Å²) < 4.78 is 14.0. The molecule has 4 N–H and O–H groups in total. The number of carbonyl (C=O) groups is 5. The van der Waals surface area contributed by atoms with Crippen molar-refractivity contribution in [2.45, 2.75) is 110 Å². The Labute approximate surface area is 410 Å². The van der Waals surface area contributed by atoms with Crippen LogP contribution in [0.25, 0.3) is 33.3 Å². The first kappa shape index (κ1) is 50.0. The van der Waals surface area contributed by atoms with E-state index in [4.69, 9.17) is 9.47 Å². The molecule has 6 bridgehead atoms. The minimum atomic E-state index is -1.19. The predicted molar refractivity (Wildman–Crippen MR) is 267 cm³/mol. The van der Waals surface area contributed by atoms with Gasteiger partial charge in [0, 0.05) is 81.0 Å². The lowest BCUT2D eigenvalue weighted by molar-refractivity contribution is -0.155. The highest BCUT2D eigenvalue weighted by Crippen LogP contribution is 2.41. The number of aromatic nitrogens is 2. The Morgan fingerprint density at radius 2 is 1.87 bits per heavy atom. The quantitative estimate of drug-likeness (QED) is 0.106. The molecule has 0 saturated carbocycles. The van der Waals surface area contributed by atoms with E-state index in [0.717, 1.165) is 45.3 Å². The van der Waals surface area contributed by atoms with E-state index in [1.807, 2.05) is 50.4 Å². The Morgan fingerprint density at radius 1 is 1.07 bits per heavy atom. The number of phenolic OH excluding ortho intramolecular Hbond substituents is 1. The number of aromatic hydroxyl groups is 1. The van der Waals surface area contributed by atoms with Crippen molar-refractivity contribution in [3.63, 3.8) is 0 Å². The summed E-state index contributed by atoms with van der Waals surface area (Å²) in [7, 11) is 4.79. The number of nitrogens with one attached hydrogen (secondary N) is 3. The monoisotopic (exact) mass is 957 g/mol. The molecule has 3 aliphatic heterocycles. The van der Waals surface area contributed by atoms with Gasteiger partial charge in [0.2, 0.25) is 17.7 Å². The fourth-order valence-electron chi connectivity index (χ4n) is 10.5. The Morgan fingerprint density at radius 3 is 2.60 bits per heavy atom. The summed E-state index contributed by atoms with van der Waals surface area (Å²) in [6.45, 7) is 11.1. The molecule has 16 heteroatoms. The van der Waals surface area contributed by atoms with Crippen LogP contribution in [0.3, 0.4) is 0 Å². The lowest BCUT2D eigenvalue weighted by atomic mass is 9.84. The van der Waals surface area contributed by atoms with Crippen molar-refractivity contribution in [2.24, 2.45) is 17.3 Å². The maximum absolute atomic E-state index is 14.8. The second kappa shape index (κ2) is 20.9. The summed E-state index contributed by atoms with van der Waals surface area (Å²) in [6, 6.07) is 9.96. The Kier molecular flexibility index (Phi) is 15.0. The maximum atomic E-state index is 14.8. The number of rotatable bonds is 12. The van der Waals surface area contributed by atoms with Gasteiger partial charge in [0.05, 0.1) is 25.5 Å². The van der Waals surface area contributed by atoms with E-state index < -0.39 is 53.3 Å². The smallest absolute Gasteiger partial charge is 0.324 e. The van der Waals surface area contributed by atoms with Gasteiger partial charge in [-0.1, -0.05) is 64.1 Å². The number of hydrogen-bond acceptors (Lipinski definition) is 11. The summed E-state index contributed by atoms with van der Waals surface area (Å²) in [5, 5.41) is 20.0. The molecule has 4 aromatic rings. The molecule has 70 heavy (non-hydrogen) atoms. The van der Waals surface area contributed by atoms with Crippen molar-refractivity contribution in [3.8, 4) is 28.1 Å². The maximum Gasteiger partial charge on any atom is 0.324 e. The van der Waals surface area contributed by atoms with Crippen LogP contribution in [0, 0.1) is 17.3 Å². The first-order chi connectivity index (χ1) is 33.5. The fourth-order valence-corrected chi connectivity index (χ4v) is 10.5. The van der Waals surface area contributed by atoms with Crippen LogP contribution in [0.5, 0.6) is 5.75 Å². The summed E-state index contributed by atoms with van der Waals surface area (Å²) in [4.78, 5) is 77.9. The van der Waals surface area contributed by atoms with Crippen LogP contribution >= 0.6 is 0 Å². The van der Waals surface area contributed by atoms with Gasteiger partial charge in [-0.15, -0.1) is 0 Å². The number of pyridine rings is 1. The van der Waals surface area contributed by atoms with Crippen molar-refractivity contribution in [3.05, 3.63) is 95.9 Å². The van der Waals surface area contributed by atoms with Gasteiger partial charge in [-0.3, -0.25) is 39.3 Å². The largest absolute Gasteiger partial charge is 0.508 e. The van der Waals surface area contributed by atoms with Gasteiger partial charge in [-0.2, -0.15) is 0 Å². The second-order valence-electron chi connectivity index (χ2n) is 20.5. The molecule has 372 valence electrons. The topological polar surface area (TPSA) is 198 Å². The number of fused-ring (bicyclic) bond motifs is 6. The zero-order chi connectivity index (χ0) is 50.0. The summed E-state index contributed by atoms with van der Waals surface area (Å²) >= 11 is 0. The van der Waals surface area contributed by atoms with Crippen LogP contribution in [0.4, 0.5) is 0 Å². The number of methoxy groups -OCH3 is 1. The number of allylic oxidation sites excluding steroid dienone is 3. The molecule has 0 spiro atoms. The average molecular weight is 957 g/mol. The van der Waals surface area contributed by atoms with Crippen LogP contribution in [-0.2, 0) is 59.4 Å². The van der Waals surface area contributed by atoms with Crippen LogP contribution in [-0.4, -0.2) is 130 Å². The molecule has 8 rings (SSSR count). The molecule has 4 amide bonds. The highest BCUT2D eigenvalue weighted by Gasteiger charge is 2.48. The SMILES string of the molecule is CCn1c(-c2cnccc2COC)c2c3cc(ccc31)-c1cc(O)cc(c1)C[C@H](NC(=O)[C@H](C(C)C)N(C)C(=O)CN(C)C(=O)[C@H]1N[C@H]1C1C=CC=CC1)C(=O)N1CCC[C@H](N1)C(=O)OCC(C)(C)C2. The van der Waals surface area contributed by atoms with Crippen molar-refractivity contribution in [1.29, 1.82) is 0 Å². The van der Waals surface area contributed by atoms with Gasteiger partial charge in [0.1, 0.15) is 29.9 Å². The fraction of sp³-hybridized carbons (Fsp3) is 0.481. The Bertz CT molecular complexity index is 2710. The van der Waals surface area contributed by atoms with E-state index in [9.17, 15) is 29.1 Å². The molecule has 1 unspecified atom stereocenters. The van der Waals surface area contributed by atoms with Gasteiger partial charge in [-0.25, -0.2) is 5.43 Å². The number of ether oxygens (including phenoxy) is 2. The zero-order valence-corrected chi connectivity index (χ0v) is 41.7. The van der Waals surface area contributed by atoms with E-state index >= 15 is 0 Å². The van der Waals surface area contributed by atoms with Crippen LogP contribution in [0.2, 0.25) is 0 Å². The normalized spacial score (nSPS) is 22.6. The number of hydrazine groups is 1. The second-order valence-corrected chi connectivity index (χ2v) is 20.5. The molecular formula is C54H68N8O8. The molecule has 6 atom stereocenters. The van der Waals surface area contributed by atoms with E-state index in [2.05, 4.69) is 70.7 Å². The molecule has 4 aliphatic rings. The first-order valence-corrected chi connectivity index (χ1v) is 24.5. The number of esters is 1. The molecule has 0 radical (unpaired) electrons. The number of aryl methyl sites for hydroxylation is 1. The van der Waals surface area contributed by atoms with E-state index in [1.54, 1.807) is 32.5 Å². The lowest BCUT2D eigenvalue weighted by Gasteiger charge is -2.37. The number of likely N-dealkylation sites (N-methyl/N-ethyl adjacent to an activating group) is 2. The van der Waals surface area contributed by atoms with Crippen molar-refractivity contribution >= 4 is 40.5 Å². The molecule has 2 aromatic carbocycles. The lowest BCUT2D eigenvalue weighted by Crippen LogP contribution is -2.62. The van der Waals surface area contributed by atoms with Crippen LogP contribution in [0.1, 0.15) is 70.6 Å². The van der Waals surface area contributed by atoms with E-state index in [0.29, 0.717) is 43.5 Å². The number of amides is 4. The molecule has 2 aromatic heterocycles. The molecule has 16 nitrogen and oxygen atoms in total. The van der Waals surface area contributed by atoms with Gasteiger partial charge in [0.15, 0.2) is 0 Å². The Hall–Kier alpha value is -6.36. The number of cyclic esters (lactones) is 1. The molecule has 1 aliphatic carbocycles. The van der Waals surface area contributed by atoms with Crippen molar-refractivity contribution in [2.75, 3.05) is 40.9 Å². The highest BCUT2D eigenvalue weighted by atomic mass is 16.5. The van der Waals surface area contributed by atoms with E-state index in [1.165, 1.54) is 21.9 Å². The van der Waals surface area contributed by atoms with Crippen molar-refractivity contribution < 1.29 is 38.6 Å². The number of benzene rings is 2. The summed E-state index contributed by atoms with van der Waals surface area (Å²) in [5.74, 6) is -2.38. The van der Waals surface area contributed by atoms with Gasteiger partial charge in [-0.05, 0) is 103 Å². The summed E-state index contributed by atoms with van der Waals surface area (Å²) in [6.07, 6.45) is 14.0. The van der Waals surface area contributed by atoms with Crippen LogP contribution in [0.15, 0.2) is 79.2 Å². The number of hydrogen-bond donors (Lipinski definition) is 4. The molecule has 2 saturated heterocycles. The Balaban J connectivity index is 1.12. The van der Waals surface area contributed by atoms with Gasteiger partial charge < -0.3 is 34.3 Å². The standard InChI is InChI=1S/C54H68N8O8/c1-9-61-44-18-17-35-26-39(44)40(49(61)41-28-55-20-19-36(41)30-69-8)27-54(4,5)31-70-53(68)42-16-13-21-62(58-42)51(66)43(24-33-22-37(35)25-38(63)23-33)56-50(65)48(32(2)3)60(7)45(64)29-59(6)52(67)47-46(57-47)34-14-11-10-12-15-34/h10-12,14,17-20,22-23,25-26,28,32,34,42-43,46-48,57-58,63H,9,13,15-16,21,24,27,29-31H2,1-8H3,(H,56,65)/t34?,42-,43-,46-,47-,48-/m0/s1. The third-order valence-electron chi connectivity index (χ3n) is 14.1. The minimum Gasteiger partial charge on any atom is -0.508 e. The average Bonchev–Trinajstić information content (AvgIpc) is 4.09. The predicted octanol–water partition coefficient (Wildman–Crippen LogP) is 5.30. The number of carbonyl (C=O) groups excluding carboxylic acids is 5. The minimum absolute atomic E-state index is 0.00463. The van der Waals surface area contributed by atoms with Crippen molar-refractivity contribution in [1.82, 2.24) is 40.4 Å². The zero-order valence-electron chi connectivity index (χ0n) is 41.7. The summed E-state index contributed by atoms with van der Waals surface area (Å²) in [5.41, 5.74) is 9.68. The van der Waals surface area contributed by atoms with Gasteiger partial charge >= 0.3 is 5.97 Å². The van der Waals surface area contributed by atoms with E-state index in [-0.39, 0.29) is 55.7 Å². The first-order valence-electron chi connectivity index (χ1n) is 24.5.